The summed E-state index contributed by atoms with van der Waals surface area (Å²) >= 11 is 6.23. The lowest BCUT2D eigenvalue weighted by molar-refractivity contribution is -0.148. The second-order valence-corrected chi connectivity index (χ2v) is 8.71. The third-order valence-electron chi connectivity index (χ3n) is 3.84. The Kier molecular flexibility index (Phi) is 6.75. The van der Waals surface area contributed by atoms with Gasteiger partial charge in [-0.05, 0) is 19.4 Å². The van der Waals surface area contributed by atoms with Crippen molar-refractivity contribution in [2.45, 2.75) is 25.6 Å². The van der Waals surface area contributed by atoms with E-state index in [4.69, 9.17) is 11.6 Å². The molecule has 0 bridgehead atoms. The minimum atomic E-state index is -4.56. The van der Waals surface area contributed by atoms with Crippen molar-refractivity contribution in [3.05, 3.63) is 22.5 Å². The predicted molar refractivity (Wildman–Crippen MR) is 93.3 cm³/mol. The predicted octanol–water partition coefficient (Wildman–Crippen LogP) is 1.44. The highest BCUT2D eigenvalue weighted by Crippen LogP contribution is 2.30. The Labute approximate surface area is 163 Å². The molecule has 1 aromatic heterocycles. The van der Waals surface area contributed by atoms with Gasteiger partial charge in [-0.1, -0.05) is 11.6 Å². The Morgan fingerprint density at radius 2 is 2.11 bits per heavy atom. The van der Waals surface area contributed by atoms with Gasteiger partial charge in [-0.15, -0.1) is 0 Å². The molecule has 1 amide bonds. The summed E-state index contributed by atoms with van der Waals surface area (Å²) in [6.07, 6.45) is -1.96. The number of halogens is 4. The molecule has 1 aromatic rings. The van der Waals surface area contributed by atoms with E-state index in [9.17, 15) is 31.2 Å². The number of nitrogens with one attached hydrogen (secondary N) is 1. The van der Waals surface area contributed by atoms with Gasteiger partial charge in [0.25, 0.3) is 5.91 Å². The number of aromatic nitrogens is 2. The fourth-order valence-corrected chi connectivity index (χ4v) is 4.59. The smallest absolute Gasteiger partial charge is 0.405 e. The molecule has 13 heteroatoms. The van der Waals surface area contributed by atoms with E-state index in [0.29, 0.717) is 17.7 Å². The summed E-state index contributed by atoms with van der Waals surface area (Å²) in [7, 11) is -3.14. The van der Waals surface area contributed by atoms with E-state index in [1.165, 1.54) is 10.8 Å². The number of nitrogens with zero attached hydrogens (tertiary/aromatic N) is 2. The van der Waals surface area contributed by atoms with Crippen LogP contribution in [0.25, 0.3) is 6.08 Å². The molecule has 156 valence electrons. The molecule has 0 aromatic carbocycles. The lowest BCUT2D eigenvalue weighted by Crippen LogP contribution is -2.36. The van der Waals surface area contributed by atoms with Crippen molar-refractivity contribution >= 4 is 39.4 Å². The van der Waals surface area contributed by atoms with Crippen molar-refractivity contribution < 1.29 is 35.9 Å². The molecule has 28 heavy (non-hydrogen) atoms. The van der Waals surface area contributed by atoms with Crippen LogP contribution in [-0.2, 0) is 24.2 Å². The first-order chi connectivity index (χ1) is 12.9. The van der Waals surface area contributed by atoms with Crippen molar-refractivity contribution in [3.8, 4) is 0 Å². The average Bonchev–Trinajstić information content (AvgIpc) is 3.07. The summed E-state index contributed by atoms with van der Waals surface area (Å²) in [5, 5.41) is 5.91. The van der Waals surface area contributed by atoms with Crippen LogP contribution in [0.5, 0.6) is 0 Å². The van der Waals surface area contributed by atoms with Crippen LogP contribution in [0.3, 0.4) is 0 Å². The van der Waals surface area contributed by atoms with Gasteiger partial charge in [0.1, 0.15) is 11.7 Å². The number of carbonyl (C=O) groups excluding carboxylic acids is 2. The van der Waals surface area contributed by atoms with Gasteiger partial charge in [-0.25, -0.2) is 17.9 Å². The van der Waals surface area contributed by atoms with Gasteiger partial charge in [-0.2, -0.15) is 18.3 Å². The van der Waals surface area contributed by atoms with E-state index >= 15 is 0 Å². The van der Waals surface area contributed by atoms with E-state index < -0.39 is 47.1 Å². The molecule has 8 nitrogen and oxygen atoms in total. The summed E-state index contributed by atoms with van der Waals surface area (Å²) in [5.41, 5.74) is 0.811. The molecular weight excluding hydrogens is 427 g/mol. The minimum absolute atomic E-state index is 0.0425. The summed E-state index contributed by atoms with van der Waals surface area (Å²) in [6.45, 7) is -0.781. The summed E-state index contributed by atoms with van der Waals surface area (Å²) < 4.78 is 65.1. The molecule has 0 spiro atoms. The number of ether oxygens (including phenoxy) is 1. The lowest BCUT2D eigenvalue weighted by atomic mass is 10.2. The standard InChI is InChI=1S/C15H17ClF3N3O5S/c1-9-11(14(16)22(21-9)10-4-5-28(25,26)7-10)2-3-13(24)27-6-12(23)20-8-15(17,18)19/h2-3,10H,4-8H2,1H3,(H,20,23)/b3-2+/t10-/m0/s1. The van der Waals surface area contributed by atoms with Crippen molar-refractivity contribution in [3.63, 3.8) is 0 Å². The average molecular weight is 444 g/mol. The Morgan fingerprint density at radius 3 is 2.68 bits per heavy atom. The maximum Gasteiger partial charge on any atom is 0.405 e. The Morgan fingerprint density at radius 1 is 1.43 bits per heavy atom. The number of amides is 1. The Bertz CT molecular complexity index is 895. The molecule has 1 aliphatic heterocycles. The van der Waals surface area contributed by atoms with E-state index in [0.717, 1.165) is 6.08 Å². The number of hydrogen-bond acceptors (Lipinski definition) is 6. The van der Waals surface area contributed by atoms with Crippen molar-refractivity contribution in [2.24, 2.45) is 0 Å². The zero-order valence-corrected chi connectivity index (χ0v) is 16.2. The highest BCUT2D eigenvalue weighted by Gasteiger charge is 2.32. The third kappa shape index (κ3) is 6.23. The highest BCUT2D eigenvalue weighted by atomic mass is 35.5. The van der Waals surface area contributed by atoms with Crippen molar-refractivity contribution in [1.82, 2.24) is 15.1 Å². The van der Waals surface area contributed by atoms with Crippen LogP contribution in [0, 0.1) is 6.92 Å². The topological polar surface area (TPSA) is 107 Å². The molecular formula is C15H17ClF3N3O5S. The molecule has 2 heterocycles. The van der Waals surface area contributed by atoms with Gasteiger partial charge in [0.15, 0.2) is 16.4 Å². The van der Waals surface area contributed by atoms with Crippen LogP contribution in [0.1, 0.15) is 23.7 Å². The van der Waals surface area contributed by atoms with Crippen LogP contribution in [0.4, 0.5) is 13.2 Å². The minimum Gasteiger partial charge on any atom is -0.452 e. The van der Waals surface area contributed by atoms with Crippen LogP contribution in [0.2, 0.25) is 5.15 Å². The van der Waals surface area contributed by atoms with Gasteiger partial charge in [0.05, 0.1) is 23.2 Å². The molecule has 2 rings (SSSR count). The van der Waals surface area contributed by atoms with Gasteiger partial charge >= 0.3 is 12.1 Å². The van der Waals surface area contributed by atoms with E-state index in [-0.39, 0.29) is 16.7 Å². The Hall–Kier alpha value is -2.08. The van der Waals surface area contributed by atoms with E-state index in [1.54, 1.807) is 12.2 Å². The molecule has 0 unspecified atom stereocenters. The highest BCUT2D eigenvalue weighted by molar-refractivity contribution is 7.91. The van der Waals surface area contributed by atoms with Crippen molar-refractivity contribution in [1.29, 1.82) is 0 Å². The fourth-order valence-electron chi connectivity index (χ4n) is 2.52. The number of carbonyl (C=O) groups is 2. The number of alkyl halides is 3. The molecule has 1 aliphatic rings. The lowest BCUT2D eigenvalue weighted by Gasteiger charge is -2.09. The third-order valence-corrected chi connectivity index (χ3v) is 5.97. The monoisotopic (exact) mass is 443 g/mol. The van der Waals surface area contributed by atoms with Crippen LogP contribution in [0.15, 0.2) is 6.08 Å². The van der Waals surface area contributed by atoms with E-state index in [1.807, 2.05) is 0 Å². The molecule has 1 saturated heterocycles. The van der Waals surface area contributed by atoms with Gasteiger partial charge in [-0.3, -0.25) is 4.79 Å². The number of sulfone groups is 1. The fraction of sp³-hybridized carbons (Fsp3) is 0.533. The molecule has 0 aliphatic carbocycles. The van der Waals surface area contributed by atoms with Gasteiger partial charge in [0.2, 0.25) is 0 Å². The maximum absolute atomic E-state index is 12.0. The first-order valence-electron chi connectivity index (χ1n) is 8.01. The summed E-state index contributed by atoms with van der Waals surface area (Å²) in [4.78, 5) is 22.8. The number of rotatable bonds is 6. The zero-order valence-electron chi connectivity index (χ0n) is 14.6. The number of esters is 1. The first-order valence-corrected chi connectivity index (χ1v) is 10.2. The zero-order chi connectivity index (χ0) is 21.1. The van der Waals surface area contributed by atoms with Crippen LogP contribution in [-0.4, -0.2) is 60.9 Å². The molecule has 1 atom stereocenters. The second-order valence-electron chi connectivity index (χ2n) is 6.12. The SMILES string of the molecule is Cc1nn([C@H]2CCS(=O)(=O)C2)c(Cl)c1/C=C/C(=O)OCC(=O)NCC(F)(F)F. The second kappa shape index (κ2) is 8.52. The maximum atomic E-state index is 12.0. The molecule has 0 saturated carbocycles. The van der Waals surface area contributed by atoms with Gasteiger partial charge < -0.3 is 10.1 Å². The van der Waals surface area contributed by atoms with Crippen LogP contribution < -0.4 is 5.32 Å². The normalized spacial score (nSPS) is 19.1. The summed E-state index contributed by atoms with van der Waals surface area (Å²) in [6, 6.07) is -0.400. The molecule has 1 N–H and O–H groups in total. The largest absolute Gasteiger partial charge is 0.452 e. The number of hydrogen-bond donors (Lipinski definition) is 1. The number of aryl methyl sites for hydroxylation is 1. The summed E-state index contributed by atoms with van der Waals surface area (Å²) in [5.74, 6) is -2.09. The quantitative estimate of drug-likeness (QED) is 0.526. The Balaban J connectivity index is 1.95. The van der Waals surface area contributed by atoms with Gasteiger partial charge in [0, 0.05) is 11.6 Å². The first kappa shape index (κ1) is 22.2. The molecule has 1 fully saturated rings. The van der Waals surface area contributed by atoms with Crippen molar-refractivity contribution in [2.75, 3.05) is 24.7 Å². The van der Waals surface area contributed by atoms with E-state index in [2.05, 4.69) is 9.84 Å². The molecule has 0 radical (unpaired) electrons. The van der Waals surface area contributed by atoms with Crippen LogP contribution >= 0.6 is 11.6 Å².